The van der Waals surface area contributed by atoms with E-state index in [-0.39, 0.29) is 0 Å². The Kier molecular flexibility index (Phi) is 1.90. The van der Waals surface area contributed by atoms with Crippen molar-refractivity contribution in [1.82, 2.24) is 0 Å². The summed E-state index contributed by atoms with van der Waals surface area (Å²) in [6, 6.07) is 0. The lowest BCUT2D eigenvalue weighted by Crippen LogP contribution is -2.29. The van der Waals surface area contributed by atoms with Gasteiger partial charge in [0.2, 0.25) is 15.9 Å². The quantitative estimate of drug-likeness (QED) is 0.490. The molecule has 1 aliphatic rings. The molecule has 0 bridgehead atoms. The number of hydrogen-bond donors (Lipinski definition) is 1. The monoisotopic (exact) mass is 214 g/mol. The highest BCUT2D eigenvalue weighted by atomic mass is 35.5. The Balaban J connectivity index is 3.24. The molecule has 6 heteroatoms. The highest BCUT2D eigenvalue weighted by molar-refractivity contribution is 6.76. The van der Waals surface area contributed by atoms with Crippen LogP contribution in [0.1, 0.15) is 0 Å². The zero-order chi connectivity index (χ0) is 8.81. The van der Waals surface area contributed by atoms with Gasteiger partial charge in [0.1, 0.15) is 5.03 Å². The molecule has 1 N–H and O–H groups in total. The molecule has 0 fully saturated rings. The SMILES string of the molecule is O=C1C(O)=C(Cl)C(=O)C1(Cl)Cl. The topological polar surface area (TPSA) is 54.4 Å². The molecule has 0 aliphatic heterocycles. The lowest BCUT2D eigenvalue weighted by Gasteiger charge is -2.05. The van der Waals surface area contributed by atoms with Gasteiger partial charge in [0, 0.05) is 0 Å². The van der Waals surface area contributed by atoms with E-state index in [4.69, 9.17) is 39.9 Å². The molecule has 0 aromatic rings. The minimum absolute atomic E-state index is 0.611. The van der Waals surface area contributed by atoms with Crippen LogP contribution in [0.4, 0.5) is 0 Å². The van der Waals surface area contributed by atoms with Crippen LogP contribution in [-0.2, 0) is 9.59 Å². The second kappa shape index (κ2) is 2.37. The molecular weight excluding hydrogens is 214 g/mol. The third-order valence-electron chi connectivity index (χ3n) is 1.19. The van der Waals surface area contributed by atoms with Gasteiger partial charge in [-0.3, -0.25) is 9.59 Å². The summed E-state index contributed by atoms with van der Waals surface area (Å²) < 4.78 is -2.23. The summed E-state index contributed by atoms with van der Waals surface area (Å²) in [4.78, 5) is 21.6. The molecule has 0 spiro atoms. The van der Waals surface area contributed by atoms with E-state index in [1.807, 2.05) is 0 Å². The predicted octanol–water partition coefficient (Wildman–Crippen LogP) is 1.32. The van der Waals surface area contributed by atoms with E-state index in [0.717, 1.165) is 0 Å². The average Bonchev–Trinajstić information content (AvgIpc) is 2.06. The number of halogens is 3. The lowest BCUT2D eigenvalue weighted by atomic mass is 10.3. The Bertz CT molecular complexity index is 253. The van der Waals surface area contributed by atoms with Gasteiger partial charge < -0.3 is 5.11 Å². The molecule has 60 valence electrons. The van der Waals surface area contributed by atoms with E-state index in [1.54, 1.807) is 0 Å². The molecule has 0 radical (unpaired) electrons. The number of carbonyl (C=O) groups excluding carboxylic acids is 2. The summed E-state index contributed by atoms with van der Waals surface area (Å²) in [7, 11) is 0. The van der Waals surface area contributed by atoms with Crippen molar-refractivity contribution in [2.75, 3.05) is 0 Å². The van der Waals surface area contributed by atoms with E-state index >= 15 is 0 Å². The lowest BCUT2D eigenvalue weighted by molar-refractivity contribution is -0.122. The Labute approximate surface area is 76.5 Å². The standard InChI is InChI=1S/C5HCl3O3/c6-1-2(9)4(11)5(7,8)3(1)10/h9H. The van der Waals surface area contributed by atoms with Crippen molar-refractivity contribution < 1.29 is 14.7 Å². The van der Waals surface area contributed by atoms with Gasteiger partial charge in [-0.05, 0) is 0 Å². The molecule has 0 atom stereocenters. The predicted molar refractivity (Wildman–Crippen MR) is 40.0 cm³/mol. The third kappa shape index (κ3) is 1.04. The van der Waals surface area contributed by atoms with Crippen LogP contribution in [0.5, 0.6) is 0 Å². The van der Waals surface area contributed by atoms with E-state index in [9.17, 15) is 9.59 Å². The first-order valence-corrected chi connectivity index (χ1v) is 3.58. The number of carbonyl (C=O) groups is 2. The van der Waals surface area contributed by atoms with Gasteiger partial charge in [0.25, 0.3) is 0 Å². The summed E-state index contributed by atoms with van der Waals surface area (Å²) in [6.45, 7) is 0. The van der Waals surface area contributed by atoms with Gasteiger partial charge in [-0.25, -0.2) is 0 Å². The number of aliphatic hydroxyl groups is 1. The maximum Gasteiger partial charge on any atom is 0.246 e. The van der Waals surface area contributed by atoms with E-state index in [2.05, 4.69) is 0 Å². The van der Waals surface area contributed by atoms with Gasteiger partial charge in [-0.2, -0.15) is 0 Å². The van der Waals surface area contributed by atoms with Crippen molar-refractivity contribution >= 4 is 46.4 Å². The molecular formula is C5HCl3O3. The molecule has 0 aromatic heterocycles. The Morgan fingerprint density at radius 1 is 1.18 bits per heavy atom. The number of allylic oxidation sites excluding steroid dienone is 2. The summed E-state index contributed by atoms with van der Waals surface area (Å²) in [5, 5.41) is 8.17. The van der Waals surface area contributed by atoms with Crippen LogP contribution in [0.2, 0.25) is 0 Å². The van der Waals surface area contributed by atoms with Gasteiger partial charge in [0.15, 0.2) is 5.76 Å². The molecule has 0 heterocycles. The first-order valence-electron chi connectivity index (χ1n) is 2.45. The van der Waals surface area contributed by atoms with Crippen LogP contribution < -0.4 is 0 Å². The van der Waals surface area contributed by atoms with Crippen LogP contribution in [0.15, 0.2) is 10.8 Å². The number of alkyl halides is 2. The minimum atomic E-state index is -2.23. The van der Waals surface area contributed by atoms with E-state index < -0.39 is 26.7 Å². The molecule has 3 nitrogen and oxygen atoms in total. The van der Waals surface area contributed by atoms with Crippen LogP contribution >= 0.6 is 34.8 Å². The number of ketones is 2. The van der Waals surface area contributed by atoms with Gasteiger partial charge in [-0.15, -0.1) is 0 Å². The second-order valence-electron chi connectivity index (χ2n) is 1.90. The molecule has 1 aliphatic carbocycles. The normalized spacial score (nSPS) is 23.2. The molecule has 0 aromatic carbocycles. The zero-order valence-corrected chi connectivity index (χ0v) is 7.17. The summed E-state index contributed by atoms with van der Waals surface area (Å²) >= 11 is 15.7. The van der Waals surface area contributed by atoms with Crippen LogP contribution in [0.25, 0.3) is 0 Å². The number of rotatable bonds is 0. The van der Waals surface area contributed by atoms with Crippen LogP contribution in [-0.4, -0.2) is 21.0 Å². The average molecular weight is 215 g/mol. The highest BCUT2D eigenvalue weighted by Crippen LogP contribution is 2.37. The van der Waals surface area contributed by atoms with Gasteiger partial charge in [0.05, 0.1) is 0 Å². The molecule has 0 amide bonds. The Hall–Kier alpha value is -0.250. The number of aliphatic hydroxyl groups excluding tert-OH is 1. The smallest absolute Gasteiger partial charge is 0.246 e. The van der Waals surface area contributed by atoms with Crippen molar-refractivity contribution in [3.05, 3.63) is 10.8 Å². The maximum atomic E-state index is 10.8. The molecule has 11 heavy (non-hydrogen) atoms. The highest BCUT2D eigenvalue weighted by Gasteiger charge is 2.52. The first kappa shape index (κ1) is 8.84. The maximum absolute atomic E-state index is 10.8. The first-order chi connectivity index (χ1) is 4.89. The number of hydrogen-bond acceptors (Lipinski definition) is 3. The second-order valence-corrected chi connectivity index (χ2v) is 3.60. The van der Waals surface area contributed by atoms with Gasteiger partial charge >= 0.3 is 0 Å². The fraction of sp³-hybridized carbons (Fsp3) is 0.200. The van der Waals surface area contributed by atoms with Crippen molar-refractivity contribution in [2.24, 2.45) is 0 Å². The van der Waals surface area contributed by atoms with E-state index in [0.29, 0.717) is 0 Å². The van der Waals surface area contributed by atoms with Gasteiger partial charge in [-0.1, -0.05) is 34.8 Å². The summed E-state index contributed by atoms with van der Waals surface area (Å²) in [6.07, 6.45) is 0. The Morgan fingerprint density at radius 3 is 1.73 bits per heavy atom. The molecule has 0 saturated heterocycles. The van der Waals surface area contributed by atoms with E-state index in [1.165, 1.54) is 0 Å². The fourth-order valence-corrected chi connectivity index (χ4v) is 1.29. The minimum Gasteiger partial charge on any atom is -0.503 e. The van der Waals surface area contributed by atoms with Crippen molar-refractivity contribution in [3.63, 3.8) is 0 Å². The largest absolute Gasteiger partial charge is 0.503 e. The summed E-state index contributed by atoms with van der Waals surface area (Å²) in [5.74, 6) is -2.93. The summed E-state index contributed by atoms with van der Waals surface area (Å²) in [5.41, 5.74) is 0. The van der Waals surface area contributed by atoms with Crippen molar-refractivity contribution in [1.29, 1.82) is 0 Å². The van der Waals surface area contributed by atoms with Crippen LogP contribution in [0, 0.1) is 0 Å². The Morgan fingerprint density at radius 2 is 1.64 bits per heavy atom. The third-order valence-corrected chi connectivity index (χ3v) is 2.23. The molecule has 1 rings (SSSR count). The van der Waals surface area contributed by atoms with Crippen molar-refractivity contribution in [3.8, 4) is 0 Å². The molecule has 0 unspecified atom stereocenters. The zero-order valence-electron chi connectivity index (χ0n) is 4.90. The molecule has 0 saturated carbocycles. The van der Waals surface area contributed by atoms with Crippen LogP contribution in [0.3, 0.4) is 0 Å². The number of Topliss-reactive ketones (excluding diaryl/α,β-unsaturated/α-hetero) is 2. The van der Waals surface area contributed by atoms with Crippen molar-refractivity contribution in [2.45, 2.75) is 4.33 Å². The fourth-order valence-electron chi connectivity index (χ4n) is 0.597.